The Morgan fingerprint density at radius 1 is 1.08 bits per heavy atom. The zero-order valence-corrected chi connectivity index (χ0v) is 14.6. The molecular formula is C17H14FNO3S2. The number of thiazole rings is 1. The van der Waals surface area contributed by atoms with Crippen LogP contribution in [-0.2, 0) is 10.1 Å². The van der Waals surface area contributed by atoms with Crippen LogP contribution in [0, 0.1) is 19.7 Å². The highest BCUT2D eigenvalue weighted by atomic mass is 32.2. The molecule has 0 aliphatic heterocycles. The standard InChI is InChI=1S/C17H14FNO3S2/c1-11-9-15(7-8-16(11)18)24(20,21)22-14-5-3-13(4-6-14)17-19-12(2)10-23-17/h3-10H,1-2H3. The number of nitrogens with zero attached hydrogens (tertiary/aromatic N) is 1. The fourth-order valence-electron chi connectivity index (χ4n) is 2.09. The van der Waals surface area contributed by atoms with E-state index in [-0.39, 0.29) is 16.2 Å². The van der Waals surface area contributed by atoms with Gasteiger partial charge in [-0.1, -0.05) is 0 Å². The zero-order valence-electron chi connectivity index (χ0n) is 13.0. The second-order valence-corrected chi connectivity index (χ2v) is 7.67. The van der Waals surface area contributed by atoms with Crippen molar-refractivity contribution in [3.05, 3.63) is 64.9 Å². The predicted octanol–water partition coefficient (Wildman–Crippen LogP) is 4.33. The first-order valence-corrected chi connectivity index (χ1v) is 9.37. The van der Waals surface area contributed by atoms with Crippen molar-refractivity contribution in [3.8, 4) is 16.3 Å². The second kappa shape index (κ2) is 6.33. The average molecular weight is 363 g/mol. The van der Waals surface area contributed by atoms with Gasteiger partial charge in [0.15, 0.2) is 0 Å². The lowest BCUT2D eigenvalue weighted by atomic mass is 10.2. The summed E-state index contributed by atoms with van der Waals surface area (Å²) in [5, 5.41) is 2.80. The minimum Gasteiger partial charge on any atom is -0.379 e. The lowest BCUT2D eigenvalue weighted by Crippen LogP contribution is -2.10. The van der Waals surface area contributed by atoms with Gasteiger partial charge in [-0.2, -0.15) is 8.42 Å². The van der Waals surface area contributed by atoms with Crippen molar-refractivity contribution in [2.75, 3.05) is 0 Å². The van der Waals surface area contributed by atoms with Crippen LogP contribution in [0.25, 0.3) is 10.6 Å². The van der Waals surface area contributed by atoms with Gasteiger partial charge in [0.1, 0.15) is 21.5 Å². The van der Waals surface area contributed by atoms with Gasteiger partial charge in [-0.25, -0.2) is 9.37 Å². The van der Waals surface area contributed by atoms with Crippen molar-refractivity contribution in [2.24, 2.45) is 0 Å². The highest BCUT2D eigenvalue weighted by molar-refractivity contribution is 7.87. The summed E-state index contributed by atoms with van der Waals surface area (Å²) >= 11 is 1.52. The number of aromatic nitrogens is 1. The van der Waals surface area contributed by atoms with Crippen molar-refractivity contribution in [3.63, 3.8) is 0 Å². The van der Waals surface area contributed by atoms with Gasteiger partial charge in [0.2, 0.25) is 0 Å². The molecule has 124 valence electrons. The van der Waals surface area contributed by atoms with Crippen LogP contribution in [0.2, 0.25) is 0 Å². The summed E-state index contributed by atoms with van der Waals surface area (Å²) in [7, 11) is -4.01. The van der Waals surface area contributed by atoms with Gasteiger partial charge in [-0.15, -0.1) is 11.3 Å². The Balaban J connectivity index is 1.83. The van der Waals surface area contributed by atoms with Gasteiger partial charge in [0.05, 0.1) is 0 Å². The third-order valence-corrected chi connectivity index (χ3v) is 5.60. The summed E-state index contributed by atoms with van der Waals surface area (Å²) in [4.78, 5) is 4.29. The fraction of sp³-hybridized carbons (Fsp3) is 0.118. The molecule has 0 bridgehead atoms. The van der Waals surface area contributed by atoms with Crippen LogP contribution in [0.15, 0.2) is 52.7 Å². The van der Waals surface area contributed by atoms with Crippen LogP contribution in [0.5, 0.6) is 5.75 Å². The number of benzene rings is 2. The minimum atomic E-state index is -4.01. The Bertz CT molecular complexity index is 979. The molecule has 7 heteroatoms. The Kier molecular flexibility index (Phi) is 4.38. The highest BCUT2D eigenvalue weighted by Gasteiger charge is 2.18. The molecular weight excluding hydrogens is 349 g/mol. The molecule has 0 atom stereocenters. The molecule has 0 fully saturated rings. The van der Waals surface area contributed by atoms with Crippen LogP contribution in [0.4, 0.5) is 4.39 Å². The van der Waals surface area contributed by atoms with E-state index in [0.29, 0.717) is 0 Å². The maximum Gasteiger partial charge on any atom is 0.339 e. The summed E-state index contributed by atoms with van der Waals surface area (Å²) in [6.07, 6.45) is 0. The fourth-order valence-corrected chi connectivity index (χ4v) is 3.91. The monoisotopic (exact) mass is 363 g/mol. The summed E-state index contributed by atoms with van der Waals surface area (Å²) in [5.41, 5.74) is 2.06. The third-order valence-electron chi connectivity index (χ3n) is 3.34. The Morgan fingerprint density at radius 2 is 1.79 bits per heavy atom. The first-order chi connectivity index (χ1) is 11.3. The van der Waals surface area contributed by atoms with Crippen LogP contribution in [0.1, 0.15) is 11.3 Å². The summed E-state index contributed by atoms with van der Waals surface area (Å²) < 4.78 is 42.9. The molecule has 0 N–H and O–H groups in total. The molecule has 0 unspecified atom stereocenters. The van der Waals surface area contributed by atoms with Gasteiger partial charge in [0, 0.05) is 16.6 Å². The van der Waals surface area contributed by atoms with Gasteiger partial charge in [-0.3, -0.25) is 0 Å². The molecule has 24 heavy (non-hydrogen) atoms. The summed E-state index contributed by atoms with van der Waals surface area (Å²) in [5.74, 6) is -0.272. The summed E-state index contributed by atoms with van der Waals surface area (Å²) in [6, 6.07) is 10.2. The number of aryl methyl sites for hydroxylation is 2. The second-order valence-electron chi connectivity index (χ2n) is 5.27. The van der Waals surface area contributed by atoms with Crippen molar-refractivity contribution in [1.29, 1.82) is 0 Å². The van der Waals surface area contributed by atoms with Gasteiger partial charge in [0.25, 0.3) is 0 Å². The topological polar surface area (TPSA) is 56.3 Å². The van der Waals surface area contributed by atoms with E-state index in [2.05, 4.69) is 4.98 Å². The molecule has 2 aromatic carbocycles. The van der Waals surface area contributed by atoms with E-state index < -0.39 is 15.9 Å². The molecule has 1 aromatic heterocycles. The zero-order chi connectivity index (χ0) is 17.3. The molecule has 0 saturated carbocycles. The SMILES string of the molecule is Cc1csc(-c2ccc(OS(=O)(=O)c3ccc(F)c(C)c3)cc2)n1. The number of hydrogen-bond donors (Lipinski definition) is 0. The van der Waals surface area contributed by atoms with Gasteiger partial charge < -0.3 is 4.18 Å². The lowest BCUT2D eigenvalue weighted by Gasteiger charge is -2.08. The largest absolute Gasteiger partial charge is 0.379 e. The van der Waals surface area contributed by atoms with Crippen LogP contribution >= 0.6 is 11.3 Å². The van der Waals surface area contributed by atoms with Crippen molar-refractivity contribution < 1.29 is 17.0 Å². The van der Waals surface area contributed by atoms with Gasteiger partial charge in [-0.05, 0) is 61.9 Å². The lowest BCUT2D eigenvalue weighted by molar-refractivity contribution is 0.485. The molecule has 1 heterocycles. The molecule has 0 amide bonds. The predicted molar refractivity (Wildman–Crippen MR) is 91.2 cm³/mol. The number of rotatable bonds is 4. The first-order valence-electron chi connectivity index (χ1n) is 7.08. The normalized spacial score (nSPS) is 11.5. The van der Waals surface area contributed by atoms with E-state index in [0.717, 1.165) is 22.3 Å². The highest BCUT2D eigenvalue weighted by Crippen LogP contribution is 2.27. The van der Waals surface area contributed by atoms with E-state index in [1.807, 2.05) is 12.3 Å². The molecule has 0 aliphatic rings. The van der Waals surface area contributed by atoms with E-state index in [4.69, 9.17) is 4.18 Å². The molecule has 4 nitrogen and oxygen atoms in total. The molecule has 0 radical (unpaired) electrons. The smallest absolute Gasteiger partial charge is 0.339 e. The number of hydrogen-bond acceptors (Lipinski definition) is 5. The minimum absolute atomic E-state index is 0.0824. The first kappa shape index (κ1) is 16.6. The third kappa shape index (κ3) is 3.47. The van der Waals surface area contributed by atoms with Crippen molar-refractivity contribution >= 4 is 21.5 Å². The summed E-state index contributed by atoms with van der Waals surface area (Å²) in [6.45, 7) is 3.41. The molecule has 3 aromatic rings. The van der Waals surface area contributed by atoms with E-state index in [1.165, 1.54) is 30.4 Å². The number of halogens is 1. The quantitative estimate of drug-likeness (QED) is 0.647. The van der Waals surface area contributed by atoms with Crippen LogP contribution in [-0.4, -0.2) is 13.4 Å². The maximum atomic E-state index is 13.3. The Hall–Kier alpha value is -2.25. The molecule has 0 spiro atoms. The average Bonchev–Trinajstić information content (AvgIpc) is 2.97. The Labute approximate surface area is 143 Å². The molecule has 0 aliphatic carbocycles. The van der Waals surface area contributed by atoms with Crippen LogP contribution < -0.4 is 4.18 Å². The molecule has 0 saturated heterocycles. The van der Waals surface area contributed by atoms with E-state index >= 15 is 0 Å². The Morgan fingerprint density at radius 3 is 2.38 bits per heavy atom. The van der Waals surface area contributed by atoms with Gasteiger partial charge >= 0.3 is 10.1 Å². The molecule has 3 rings (SSSR count). The maximum absolute atomic E-state index is 13.3. The van der Waals surface area contributed by atoms with Crippen molar-refractivity contribution in [2.45, 2.75) is 18.7 Å². The van der Waals surface area contributed by atoms with Crippen molar-refractivity contribution in [1.82, 2.24) is 4.98 Å². The van der Waals surface area contributed by atoms with E-state index in [9.17, 15) is 12.8 Å². The van der Waals surface area contributed by atoms with E-state index in [1.54, 1.807) is 24.3 Å². The van der Waals surface area contributed by atoms with Crippen LogP contribution in [0.3, 0.4) is 0 Å².